The summed E-state index contributed by atoms with van der Waals surface area (Å²) in [5.41, 5.74) is 9.01. The van der Waals surface area contributed by atoms with Gasteiger partial charge in [-0.1, -0.05) is 22.9 Å². The van der Waals surface area contributed by atoms with E-state index in [0.717, 1.165) is 32.3 Å². The summed E-state index contributed by atoms with van der Waals surface area (Å²) < 4.78 is 17.0. The first-order chi connectivity index (χ1) is 9.43. The van der Waals surface area contributed by atoms with Crippen LogP contribution in [0, 0.1) is 5.82 Å². The zero-order valence-corrected chi connectivity index (χ0v) is 14.5. The van der Waals surface area contributed by atoms with E-state index in [-0.39, 0.29) is 11.9 Å². The molecular formula is C14H16Br2FN3. The van der Waals surface area contributed by atoms with E-state index in [4.69, 9.17) is 5.73 Å². The van der Waals surface area contributed by atoms with E-state index in [9.17, 15) is 4.39 Å². The minimum absolute atomic E-state index is 0.281. The first-order valence-electron chi connectivity index (χ1n) is 6.34. The highest BCUT2D eigenvalue weighted by Gasteiger charge is 2.18. The van der Waals surface area contributed by atoms with E-state index < -0.39 is 0 Å². The van der Waals surface area contributed by atoms with E-state index >= 15 is 0 Å². The lowest BCUT2D eigenvalue weighted by Crippen LogP contribution is -2.16. The van der Waals surface area contributed by atoms with Gasteiger partial charge in [0.15, 0.2) is 0 Å². The maximum Gasteiger partial charge on any atom is 0.123 e. The molecule has 1 heterocycles. The topological polar surface area (TPSA) is 43.8 Å². The molecule has 6 heteroatoms. The minimum Gasteiger partial charge on any atom is -0.324 e. The quantitative estimate of drug-likeness (QED) is 0.839. The summed E-state index contributed by atoms with van der Waals surface area (Å²) >= 11 is 6.99. The van der Waals surface area contributed by atoms with E-state index in [2.05, 4.69) is 43.9 Å². The van der Waals surface area contributed by atoms with E-state index in [1.807, 2.05) is 11.7 Å². The maximum absolute atomic E-state index is 13.4. The van der Waals surface area contributed by atoms with Gasteiger partial charge in [-0.05, 0) is 46.1 Å². The highest BCUT2D eigenvalue weighted by atomic mass is 79.9. The Labute approximate surface area is 134 Å². The van der Waals surface area contributed by atoms with Crippen LogP contribution in [-0.2, 0) is 19.9 Å². The zero-order valence-electron chi connectivity index (χ0n) is 11.3. The minimum atomic E-state index is -0.295. The summed E-state index contributed by atoms with van der Waals surface area (Å²) in [7, 11) is 1.90. The molecule has 108 valence electrons. The summed E-state index contributed by atoms with van der Waals surface area (Å²) in [4.78, 5) is 0. The summed E-state index contributed by atoms with van der Waals surface area (Å²) in [6.07, 6.45) is 1.44. The molecule has 1 aromatic carbocycles. The molecule has 2 rings (SSSR count). The monoisotopic (exact) mass is 403 g/mol. The first-order valence-corrected chi connectivity index (χ1v) is 7.93. The summed E-state index contributed by atoms with van der Waals surface area (Å²) in [6.45, 7) is 2.06. The van der Waals surface area contributed by atoms with Gasteiger partial charge in [0.25, 0.3) is 0 Å². The number of halogens is 3. The third-order valence-electron chi connectivity index (χ3n) is 3.27. The van der Waals surface area contributed by atoms with Gasteiger partial charge in [0.05, 0.1) is 15.9 Å². The van der Waals surface area contributed by atoms with Gasteiger partial charge in [-0.25, -0.2) is 4.39 Å². The largest absolute Gasteiger partial charge is 0.324 e. The molecule has 0 aliphatic carbocycles. The fourth-order valence-corrected chi connectivity index (χ4v) is 3.48. The highest BCUT2D eigenvalue weighted by molar-refractivity contribution is 9.10. The van der Waals surface area contributed by atoms with Gasteiger partial charge in [0.1, 0.15) is 5.82 Å². The number of hydrogen-bond donors (Lipinski definition) is 1. The molecule has 0 radical (unpaired) electrons. The molecule has 0 saturated carbocycles. The zero-order chi connectivity index (χ0) is 14.9. The maximum atomic E-state index is 13.4. The molecule has 0 fully saturated rings. The van der Waals surface area contributed by atoms with Crippen molar-refractivity contribution in [1.82, 2.24) is 9.78 Å². The van der Waals surface area contributed by atoms with Gasteiger partial charge in [0, 0.05) is 24.0 Å². The van der Waals surface area contributed by atoms with Gasteiger partial charge in [-0.3, -0.25) is 4.68 Å². The summed E-state index contributed by atoms with van der Waals surface area (Å²) in [5, 5.41) is 4.44. The van der Waals surface area contributed by atoms with Crippen molar-refractivity contribution in [2.24, 2.45) is 12.8 Å². The van der Waals surface area contributed by atoms with Gasteiger partial charge in [-0.15, -0.1) is 0 Å². The Morgan fingerprint density at radius 2 is 2.10 bits per heavy atom. The second-order valence-electron chi connectivity index (χ2n) is 4.66. The van der Waals surface area contributed by atoms with Gasteiger partial charge >= 0.3 is 0 Å². The van der Waals surface area contributed by atoms with Crippen molar-refractivity contribution < 1.29 is 4.39 Å². The third-order valence-corrected chi connectivity index (χ3v) is 4.91. The predicted molar refractivity (Wildman–Crippen MR) is 85.0 cm³/mol. The average molecular weight is 405 g/mol. The van der Waals surface area contributed by atoms with Crippen LogP contribution in [0.3, 0.4) is 0 Å². The Kier molecular flexibility index (Phi) is 4.99. The van der Waals surface area contributed by atoms with E-state index in [1.54, 1.807) is 6.07 Å². The molecule has 0 amide bonds. The van der Waals surface area contributed by atoms with Crippen LogP contribution < -0.4 is 5.73 Å². The number of rotatable bonds is 4. The molecule has 1 unspecified atom stereocenters. The molecule has 20 heavy (non-hydrogen) atoms. The van der Waals surface area contributed by atoms with E-state index in [1.165, 1.54) is 12.1 Å². The predicted octanol–water partition coefficient (Wildman–Crippen LogP) is 3.89. The van der Waals surface area contributed by atoms with Crippen LogP contribution in [0.5, 0.6) is 0 Å². The van der Waals surface area contributed by atoms with Crippen molar-refractivity contribution in [2.45, 2.75) is 25.8 Å². The molecular weight excluding hydrogens is 389 g/mol. The van der Waals surface area contributed by atoms with Crippen LogP contribution in [-0.4, -0.2) is 9.78 Å². The number of benzene rings is 1. The van der Waals surface area contributed by atoms with E-state index in [0.29, 0.717) is 6.42 Å². The molecule has 0 aliphatic rings. The Hall–Kier alpha value is -0.720. The average Bonchev–Trinajstić information content (AvgIpc) is 2.68. The molecule has 1 atom stereocenters. The highest BCUT2D eigenvalue weighted by Crippen LogP contribution is 2.29. The van der Waals surface area contributed by atoms with Crippen molar-refractivity contribution in [2.75, 3.05) is 0 Å². The fraction of sp³-hybridized carbons (Fsp3) is 0.357. The smallest absolute Gasteiger partial charge is 0.123 e. The Balaban J connectivity index is 2.30. The van der Waals surface area contributed by atoms with Crippen molar-refractivity contribution in [3.63, 3.8) is 0 Å². The standard InChI is InChI=1S/C14H16Br2FN3/c1-3-12-14(16)13(20(2)19-12)7-11(18)9-6-8(17)4-5-10(9)15/h4-6,11H,3,7,18H2,1-2H3. The molecule has 0 saturated heterocycles. The van der Waals surface area contributed by atoms with Crippen LogP contribution >= 0.6 is 31.9 Å². The molecule has 2 N–H and O–H groups in total. The second-order valence-corrected chi connectivity index (χ2v) is 6.31. The first kappa shape index (κ1) is 15.7. The Morgan fingerprint density at radius 1 is 1.40 bits per heavy atom. The van der Waals surface area contributed by atoms with Crippen molar-refractivity contribution in [1.29, 1.82) is 0 Å². The number of nitrogens with zero attached hydrogens (tertiary/aromatic N) is 2. The van der Waals surface area contributed by atoms with Crippen LogP contribution in [0.2, 0.25) is 0 Å². The van der Waals surface area contributed by atoms with Crippen LogP contribution in [0.25, 0.3) is 0 Å². The van der Waals surface area contributed by atoms with Gasteiger partial charge in [0.2, 0.25) is 0 Å². The lowest BCUT2D eigenvalue weighted by Gasteiger charge is -2.14. The number of nitrogens with two attached hydrogens (primary N) is 1. The number of aryl methyl sites for hydroxylation is 2. The lowest BCUT2D eigenvalue weighted by atomic mass is 10.0. The molecule has 0 spiro atoms. The Morgan fingerprint density at radius 3 is 2.70 bits per heavy atom. The SMILES string of the molecule is CCc1nn(C)c(CC(N)c2cc(F)ccc2Br)c1Br. The molecule has 2 aromatic rings. The van der Waals surface area contributed by atoms with Crippen LogP contribution in [0.15, 0.2) is 27.1 Å². The molecule has 0 bridgehead atoms. The second kappa shape index (κ2) is 6.37. The Bertz CT molecular complexity index is 625. The number of hydrogen-bond acceptors (Lipinski definition) is 2. The summed E-state index contributed by atoms with van der Waals surface area (Å²) in [5.74, 6) is -0.281. The lowest BCUT2D eigenvalue weighted by molar-refractivity contribution is 0.608. The number of aromatic nitrogens is 2. The van der Waals surface area contributed by atoms with Gasteiger partial charge in [-0.2, -0.15) is 5.10 Å². The van der Waals surface area contributed by atoms with Crippen LogP contribution in [0.4, 0.5) is 4.39 Å². The van der Waals surface area contributed by atoms with Crippen LogP contribution in [0.1, 0.15) is 29.9 Å². The third kappa shape index (κ3) is 3.13. The molecule has 3 nitrogen and oxygen atoms in total. The van der Waals surface area contributed by atoms with Crippen molar-refractivity contribution in [3.05, 3.63) is 49.9 Å². The van der Waals surface area contributed by atoms with Gasteiger partial charge < -0.3 is 5.73 Å². The van der Waals surface area contributed by atoms with Crippen molar-refractivity contribution >= 4 is 31.9 Å². The fourth-order valence-electron chi connectivity index (χ4n) is 2.16. The summed E-state index contributed by atoms with van der Waals surface area (Å²) in [6, 6.07) is 4.27. The molecule has 1 aromatic heterocycles. The van der Waals surface area contributed by atoms with Crippen molar-refractivity contribution in [3.8, 4) is 0 Å². The normalized spacial score (nSPS) is 12.7. The molecule has 0 aliphatic heterocycles.